The molecule has 0 saturated carbocycles. The summed E-state index contributed by atoms with van der Waals surface area (Å²) in [5, 5.41) is 2.77. The molecule has 2 aliphatic rings. The second-order valence-corrected chi connectivity index (χ2v) is 8.09. The van der Waals surface area contributed by atoms with E-state index in [1.807, 2.05) is 0 Å². The molecule has 0 unspecified atom stereocenters. The minimum atomic E-state index is -3.95. The van der Waals surface area contributed by atoms with Crippen molar-refractivity contribution in [3.63, 3.8) is 0 Å². The summed E-state index contributed by atoms with van der Waals surface area (Å²) in [7, 11) is -3.95. The molecule has 0 bridgehead atoms. The van der Waals surface area contributed by atoms with E-state index in [9.17, 15) is 13.2 Å². The molecule has 8 heteroatoms. The Labute approximate surface area is 157 Å². The highest BCUT2D eigenvalue weighted by Gasteiger charge is 2.60. The highest BCUT2D eigenvalue weighted by atomic mass is 32.2. The lowest BCUT2D eigenvalue weighted by atomic mass is 9.92. The Hall–Kier alpha value is -2.84. The zero-order valence-corrected chi connectivity index (χ0v) is 15.2. The summed E-state index contributed by atoms with van der Waals surface area (Å²) in [6.07, 6.45) is -0.0951. The highest BCUT2D eigenvalue weighted by Crippen LogP contribution is 2.48. The van der Waals surface area contributed by atoms with Gasteiger partial charge in [-0.05, 0) is 18.2 Å². The van der Waals surface area contributed by atoms with E-state index in [0.29, 0.717) is 11.3 Å². The molecule has 1 spiro atoms. The SMILES string of the molecule is C=CCO[C@@H]1N(S(=O)(=O)c2ccccc2)c2ccccc2[C@@]12COC(=O)N2. The van der Waals surface area contributed by atoms with Crippen LogP contribution in [0.1, 0.15) is 5.56 Å². The first kappa shape index (κ1) is 17.6. The van der Waals surface area contributed by atoms with E-state index in [1.165, 1.54) is 22.5 Å². The molecule has 0 aliphatic carbocycles. The zero-order chi connectivity index (χ0) is 19.1. The number of sulfonamides is 1. The van der Waals surface area contributed by atoms with Crippen LogP contribution in [0.4, 0.5) is 10.5 Å². The average molecular weight is 386 g/mol. The lowest BCUT2D eigenvalue weighted by Gasteiger charge is -2.33. The summed E-state index contributed by atoms with van der Waals surface area (Å²) in [6, 6.07) is 15.1. The van der Waals surface area contributed by atoms with Gasteiger partial charge in [-0.1, -0.05) is 42.5 Å². The molecule has 1 N–H and O–H groups in total. The number of ether oxygens (including phenoxy) is 2. The Balaban J connectivity index is 1.92. The van der Waals surface area contributed by atoms with Gasteiger partial charge in [0.05, 0.1) is 17.2 Å². The number of cyclic esters (lactones) is 1. The molecule has 0 aromatic heterocycles. The number of nitrogens with one attached hydrogen (secondary N) is 1. The molecule has 2 aromatic rings. The number of amides is 1. The monoisotopic (exact) mass is 386 g/mol. The van der Waals surface area contributed by atoms with Gasteiger partial charge in [-0.3, -0.25) is 0 Å². The van der Waals surface area contributed by atoms with Gasteiger partial charge in [0.2, 0.25) is 0 Å². The van der Waals surface area contributed by atoms with Crippen LogP contribution in [0.2, 0.25) is 0 Å². The lowest BCUT2D eigenvalue weighted by molar-refractivity contribution is 0.0163. The number of carbonyl (C=O) groups excluding carboxylic acids is 1. The molecule has 0 radical (unpaired) electrons. The number of benzene rings is 2. The number of hydrogen-bond donors (Lipinski definition) is 1. The normalized spacial score (nSPS) is 23.8. The van der Waals surface area contributed by atoms with Crippen LogP contribution >= 0.6 is 0 Å². The van der Waals surface area contributed by atoms with Gasteiger partial charge in [-0.15, -0.1) is 6.58 Å². The standard InChI is InChI=1S/C19H18N2O5S/c1-2-12-25-17-19(13-26-18(22)20-19)15-10-6-7-11-16(15)21(17)27(23,24)14-8-4-3-5-9-14/h2-11,17H,1,12-13H2,(H,20,22)/t17-,19-/m0/s1. The second-order valence-electron chi connectivity index (χ2n) is 6.28. The van der Waals surface area contributed by atoms with Crippen molar-refractivity contribution in [2.24, 2.45) is 0 Å². The third-order valence-corrected chi connectivity index (χ3v) is 6.46. The Kier molecular flexibility index (Phi) is 4.16. The minimum absolute atomic E-state index is 0.0362. The number of para-hydroxylation sites is 1. The Morgan fingerprint density at radius 1 is 1.22 bits per heavy atom. The van der Waals surface area contributed by atoms with Crippen LogP contribution in [-0.2, 0) is 25.0 Å². The molecule has 2 aromatic carbocycles. The quantitative estimate of drug-likeness (QED) is 0.798. The van der Waals surface area contributed by atoms with Gasteiger partial charge in [0.1, 0.15) is 6.61 Å². The topological polar surface area (TPSA) is 84.9 Å². The average Bonchev–Trinajstić information content (AvgIpc) is 3.20. The molecule has 1 amide bonds. The third-order valence-electron chi connectivity index (χ3n) is 4.68. The maximum atomic E-state index is 13.5. The number of nitrogens with zero attached hydrogens (tertiary/aromatic N) is 1. The van der Waals surface area contributed by atoms with Crippen molar-refractivity contribution in [3.8, 4) is 0 Å². The van der Waals surface area contributed by atoms with Gasteiger partial charge in [0.25, 0.3) is 10.0 Å². The van der Waals surface area contributed by atoms with E-state index in [-0.39, 0.29) is 18.1 Å². The fraction of sp³-hybridized carbons (Fsp3) is 0.211. The van der Waals surface area contributed by atoms with Crippen LogP contribution in [-0.4, -0.2) is 34.0 Å². The molecule has 2 aliphatic heterocycles. The Morgan fingerprint density at radius 3 is 2.59 bits per heavy atom. The van der Waals surface area contributed by atoms with Crippen molar-refractivity contribution in [2.45, 2.75) is 16.7 Å². The highest BCUT2D eigenvalue weighted by molar-refractivity contribution is 7.92. The van der Waals surface area contributed by atoms with Crippen molar-refractivity contribution in [1.29, 1.82) is 0 Å². The Morgan fingerprint density at radius 2 is 1.93 bits per heavy atom. The van der Waals surface area contributed by atoms with E-state index < -0.39 is 27.9 Å². The van der Waals surface area contributed by atoms with Crippen molar-refractivity contribution >= 4 is 21.8 Å². The summed E-state index contributed by atoms with van der Waals surface area (Å²) in [4.78, 5) is 12.0. The predicted molar refractivity (Wildman–Crippen MR) is 98.6 cm³/mol. The zero-order valence-electron chi connectivity index (χ0n) is 14.4. The fourth-order valence-corrected chi connectivity index (χ4v) is 5.18. The molecule has 4 rings (SSSR count). The van der Waals surface area contributed by atoms with Crippen molar-refractivity contribution < 1.29 is 22.7 Å². The molecule has 140 valence electrons. The van der Waals surface area contributed by atoms with Crippen LogP contribution in [0.15, 0.2) is 72.1 Å². The number of carbonyl (C=O) groups is 1. The first-order valence-corrected chi connectivity index (χ1v) is 9.81. The maximum absolute atomic E-state index is 13.5. The molecule has 2 heterocycles. The number of rotatable bonds is 5. The number of alkyl carbamates (subject to hydrolysis) is 1. The van der Waals surface area contributed by atoms with Crippen LogP contribution in [0, 0.1) is 0 Å². The van der Waals surface area contributed by atoms with E-state index in [4.69, 9.17) is 9.47 Å². The van der Waals surface area contributed by atoms with Gasteiger partial charge < -0.3 is 14.8 Å². The fourth-order valence-electron chi connectivity index (χ4n) is 3.55. The predicted octanol–water partition coefficient (Wildman–Crippen LogP) is 2.36. The van der Waals surface area contributed by atoms with Crippen molar-refractivity contribution in [2.75, 3.05) is 17.5 Å². The number of hydrogen-bond acceptors (Lipinski definition) is 5. The summed E-state index contributed by atoms with van der Waals surface area (Å²) >= 11 is 0. The smallest absolute Gasteiger partial charge is 0.408 e. The molecular weight excluding hydrogens is 368 g/mol. The van der Waals surface area contributed by atoms with Gasteiger partial charge in [-0.25, -0.2) is 17.5 Å². The maximum Gasteiger partial charge on any atom is 0.408 e. The first-order chi connectivity index (χ1) is 13.0. The van der Waals surface area contributed by atoms with E-state index >= 15 is 0 Å². The molecule has 7 nitrogen and oxygen atoms in total. The molecular formula is C19H18N2O5S. The van der Waals surface area contributed by atoms with Crippen LogP contribution < -0.4 is 9.62 Å². The largest absolute Gasteiger partial charge is 0.446 e. The summed E-state index contributed by atoms with van der Waals surface area (Å²) in [5.74, 6) is 0. The van der Waals surface area contributed by atoms with Crippen LogP contribution in [0.3, 0.4) is 0 Å². The van der Waals surface area contributed by atoms with Crippen LogP contribution in [0.5, 0.6) is 0 Å². The van der Waals surface area contributed by atoms with Crippen LogP contribution in [0.25, 0.3) is 0 Å². The number of anilines is 1. The second kappa shape index (κ2) is 6.40. The van der Waals surface area contributed by atoms with Gasteiger partial charge in [-0.2, -0.15) is 0 Å². The van der Waals surface area contributed by atoms with Gasteiger partial charge >= 0.3 is 6.09 Å². The van der Waals surface area contributed by atoms with E-state index in [0.717, 1.165) is 0 Å². The minimum Gasteiger partial charge on any atom is -0.446 e. The first-order valence-electron chi connectivity index (χ1n) is 8.37. The van der Waals surface area contributed by atoms with E-state index in [2.05, 4.69) is 11.9 Å². The Bertz CT molecular complexity index is 992. The van der Waals surface area contributed by atoms with E-state index in [1.54, 1.807) is 42.5 Å². The van der Waals surface area contributed by atoms with Gasteiger partial charge in [0, 0.05) is 5.56 Å². The molecule has 1 fully saturated rings. The summed E-state index contributed by atoms with van der Waals surface area (Å²) in [6.45, 7) is 3.71. The van der Waals surface area contributed by atoms with Gasteiger partial charge in [0.15, 0.2) is 11.8 Å². The molecule has 2 atom stereocenters. The van der Waals surface area contributed by atoms with Crippen molar-refractivity contribution in [3.05, 3.63) is 72.8 Å². The summed E-state index contributed by atoms with van der Waals surface area (Å²) < 4.78 is 39.2. The number of fused-ring (bicyclic) bond motifs is 2. The lowest BCUT2D eigenvalue weighted by Crippen LogP contribution is -2.55. The third kappa shape index (κ3) is 2.60. The van der Waals surface area contributed by atoms with Crippen molar-refractivity contribution in [1.82, 2.24) is 5.32 Å². The molecule has 1 saturated heterocycles. The molecule has 27 heavy (non-hydrogen) atoms. The summed E-state index contributed by atoms with van der Waals surface area (Å²) in [5.41, 5.74) is -0.0518.